The van der Waals surface area contributed by atoms with Crippen LogP contribution in [0.1, 0.15) is 31.7 Å². The summed E-state index contributed by atoms with van der Waals surface area (Å²) in [5.41, 5.74) is 1.94. The summed E-state index contributed by atoms with van der Waals surface area (Å²) in [6, 6.07) is 17.6. The van der Waals surface area contributed by atoms with Gasteiger partial charge in [-0.25, -0.2) is 0 Å². The van der Waals surface area contributed by atoms with Gasteiger partial charge in [0.15, 0.2) is 0 Å². The molecule has 5 nitrogen and oxygen atoms in total. The average molecular weight is 432 g/mol. The van der Waals surface area contributed by atoms with Crippen LogP contribution in [0.2, 0.25) is 0 Å². The van der Waals surface area contributed by atoms with Gasteiger partial charge in [0.2, 0.25) is 5.91 Å². The molecule has 1 atom stereocenters. The quantitative estimate of drug-likeness (QED) is 0.620. The van der Waals surface area contributed by atoms with Gasteiger partial charge in [0.25, 0.3) is 0 Å². The fourth-order valence-corrected chi connectivity index (χ4v) is 3.77. The molecule has 3 rings (SSSR count). The normalized spacial score (nSPS) is 15.8. The molecular formula is C24H34ClN3O2. The fourth-order valence-electron chi connectivity index (χ4n) is 3.77. The third kappa shape index (κ3) is 7.31. The molecule has 30 heavy (non-hydrogen) atoms. The van der Waals surface area contributed by atoms with Crippen LogP contribution in [0, 0.1) is 5.92 Å². The Balaban J connectivity index is 0.00000320. The van der Waals surface area contributed by atoms with Gasteiger partial charge in [-0.3, -0.25) is 9.69 Å². The van der Waals surface area contributed by atoms with Crippen molar-refractivity contribution < 1.29 is 9.53 Å². The average Bonchev–Trinajstić information content (AvgIpc) is 2.77. The molecule has 2 aromatic rings. The van der Waals surface area contributed by atoms with Crippen LogP contribution in [0.15, 0.2) is 54.6 Å². The van der Waals surface area contributed by atoms with Gasteiger partial charge in [-0.05, 0) is 88.6 Å². The van der Waals surface area contributed by atoms with Crippen molar-refractivity contribution in [2.45, 2.75) is 38.8 Å². The first kappa shape index (κ1) is 24.2. The highest BCUT2D eigenvalue weighted by Gasteiger charge is 2.26. The second-order valence-corrected chi connectivity index (χ2v) is 7.84. The van der Waals surface area contributed by atoms with Gasteiger partial charge in [-0.1, -0.05) is 30.3 Å². The summed E-state index contributed by atoms with van der Waals surface area (Å²) in [6.45, 7) is 5.60. The maximum atomic E-state index is 12.7. The van der Waals surface area contributed by atoms with Crippen molar-refractivity contribution in [3.05, 3.63) is 60.2 Å². The number of hydrogen-bond acceptors (Lipinski definition) is 4. The number of rotatable bonds is 9. The third-order valence-corrected chi connectivity index (χ3v) is 5.75. The second kappa shape index (κ2) is 12.6. The molecule has 2 aromatic carbocycles. The van der Waals surface area contributed by atoms with E-state index in [2.05, 4.69) is 15.5 Å². The minimum Gasteiger partial charge on any atom is -0.489 e. The van der Waals surface area contributed by atoms with E-state index >= 15 is 0 Å². The Hall–Kier alpha value is -2.08. The molecule has 1 amide bonds. The molecule has 1 heterocycles. The molecule has 164 valence electrons. The first-order chi connectivity index (χ1) is 14.2. The van der Waals surface area contributed by atoms with Crippen LogP contribution in [0.3, 0.4) is 0 Å². The van der Waals surface area contributed by atoms with Crippen molar-refractivity contribution in [2.75, 3.05) is 32.0 Å². The number of amides is 1. The SMILES string of the molecule is CNCCC1CCN(C(C)C(=O)Nc2ccc(OCc3ccccc3)cc2)CC1.Cl. The van der Waals surface area contributed by atoms with Crippen LogP contribution >= 0.6 is 12.4 Å². The molecule has 1 fully saturated rings. The molecule has 1 saturated heterocycles. The minimum atomic E-state index is -0.116. The van der Waals surface area contributed by atoms with E-state index in [0.29, 0.717) is 6.61 Å². The molecule has 0 aliphatic carbocycles. The lowest BCUT2D eigenvalue weighted by atomic mass is 9.93. The zero-order valence-corrected chi connectivity index (χ0v) is 18.8. The lowest BCUT2D eigenvalue weighted by molar-refractivity contribution is -0.121. The monoisotopic (exact) mass is 431 g/mol. The van der Waals surface area contributed by atoms with Crippen LogP contribution in [0.4, 0.5) is 5.69 Å². The zero-order valence-electron chi connectivity index (χ0n) is 18.0. The number of carbonyl (C=O) groups excluding carboxylic acids is 1. The number of carbonyl (C=O) groups is 1. The van der Waals surface area contributed by atoms with E-state index in [4.69, 9.17) is 4.74 Å². The number of nitrogens with zero attached hydrogens (tertiary/aromatic N) is 1. The van der Waals surface area contributed by atoms with Crippen molar-refractivity contribution in [1.82, 2.24) is 10.2 Å². The van der Waals surface area contributed by atoms with E-state index in [1.165, 1.54) is 19.3 Å². The van der Waals surface area contributed by atoms with Crippen molar-refractivity contribution in [3.8, 4) is 5.75 Å². The summed E-state index contributed by atoms with van der Waals surface area (Å²) in [7, 11) is 2.00. The lowest BCUT2D eigenvalue weighted by Gasteiger charge is -2.35. The van der Waals surface area contributed by atoms with Crippen molar-refractivity contribution in [2.24, 2.45) is 5.92 Å². The Labute approximate surface area is 186 Å². The van der Waals surface area contributed by atoms with Crippen LogP contribution in [0.5, 0.6) is 5.75 Å². The molecule has 6 heteroatoms. The first-order valence-electron chi connectivity index (χ1n) is 10.6. The molecular weight excluding hydrogens is 398 g/mol. The number of hydrogen-bond donors (Lipinski definition) is 2. The predicted molar refractivity (Wildman–Crippen MR) is 125 cm³/mol. The summed E-state index contributed by atoms with van der Waals surface area (Å²) in [5.74, 6) is 1.62. The molecule has 2 N–H and O–H groups in total. The number of benzene rings is 2. The van der Waals surface area contributed by atoms with Crippen LogP contribution in [-0.2, 0) is 11.4 Å². The third-order valence-electron chi connectivity index (χ3n) is 5.75. The standard InChI is InChI=1S/C24H33N3O2.ClH/c1-19(27-16-13-20(14-17-27)12-15-25-2)24(28)26-22-8-10-23(11-9-22)29-18-21-6-4-3-5-7-21;/h3-11,19-20,25H,12-18H2,1-2H3,(H,26,28);1H. The molecule has 0 spiro atoms. The largest absolute Gasteiger partial charge is 0.489 e. The van der Waals surface area contributed by atoms with Gasteiger partial charge in [0, 0.05) is 5.69 Å². The summed E-state index contributed by atoms with van der Waals surface area (Å²) < 4.78 is 5.81. The van der Waals surface area contributed by atoms with Crippen molar-refractivity contribution in [3.63, 3.8) is 0 Å². The first-order valence-corrected chi connectivity index (χ1v) is 10.6. The van der Waals surface area contributed by atoms with E-state index in [1.807, 2.05) is 68.6 Å². The second-order valence-electron chi connectivity index (χ2n) is 7.84. The van der Waals surface area contributed by atoms with Gasteiger partial charge >= 0.3 is 0 Å². The molecule has 0 saturated carbocycles. The summed E-state index contributed by atoms with van der Waals surface area (Å²) in [6.07, 6.45) is 3.57. The van der Waals surface area contributed by atoms with Gasteiger partial charge in [-0.2, -0.15) is 0 Å². The molecule has 0 aromatic heterocycles. The number of piperidine rings is 1. The minimum absolute atomic E-state index is 0. The van der Waals surface area contributed by atoms with Gasteiger partial charge in [-0.15, -0.1) is 12.4 Å². The Bertz CT molecular complexity index is 747. The maximum absolute atomic E-state index is 12.7. The summed E-state index contributed by atoms with van der Waals surface area (Å²) in [5, 5.41) is 6.27. The summed E-state index contributed by atoms with van der Waals surface area (Å²) in [4.78, 5) is 15.0. The van der Waals surface area contributed by atoms with Crippen LogP contribution in [-0.4, -0.2) is 43.5 Å². The van der Waals surface area contributed by atoms with Gasteiger partial charge in [0.1, 0.15) is 12.4 Å². The van der Waals surface area contributed by atoms with E-state index in [-0.39, 0.29) is 24.4 Å². The molecule has 1 aliphatic rings. The fraction of sp³-hybridized carbons (Fsp3) is 0.458. The van der Waals surface area contributed by atoms with Crippen molar-refractivity contribution in [1.29, 1.82) is 0 Å². The predicted octanol–water partition coefficient (Wildman–Crippen LogP) is 4.34. The number of ether oxygens (including phenoxy) is 1. The van der Waals surface area contributed by atoms with Gasteiger partial charge in [0.05, 0.1) is 6.04 Å². The highest BCUT2D eigenvalue weighted by Crippen LogP contribution is 2.22. The Morgan fingerprint density at radius 1 is 1.10 bits per heavy atom. The summed E-state index contributed by atoms with van der Waals surface area (Å²) >= 11 is 0. The van der Waals surface area contributed by atoms with E-state index in [9.17, 15) is 4.79 Å². The molecule has 0 radical (unpaired) electrons. The lowest BCUT2D eigenvalue weighted by Crippen LogP contribution is -2.46. The molecule has 0 bridgehead atoms. The highest BCUT2D eigenvalue weighted by atomic mass is 35.5. The van der Waals surface area contributed by atoms with Gasteiger partial charge < -0.3 is 15.4 Å². The maximum Gasteiger partial charge on any atom is 0.241 e. The number of likely N-dealkylation sites (tertiary alicyclic amines) is 1. The van der Waals surface area contributed by atoms with Crippen LogP contribution < -0.4 is 15.4 Å². The topological polar surface area (TPSA) is 53.6 Å². The Morgan fingerprint density at radius 3 is 2.40 bits per heavy atom. The Kier molecular flexibility index (Phi) is 10.1. The van der Waals surface area contributed by atoms with Crippen LogP contribution in [0.25, 0.3) is 0 Å². The smallest absolute Gasteiger partial charge is 0.241 e. The van der Waals surface area contributed by atoms with Crippen molar-refractivity contribution >= 4 is 24.0 Å². The molecule has 1 unspecified atom stereocenters. The Morgan fingerprint density at radius 2 is 1.77 bits per heavy atom. The molecule has 1 aliphatic heterocycles. The number of anilines is 1. The van der Waals surface area contributed by atoms with E-state index < -0.39 is 0 Å². The number of halogens is 1. The van der Waals surface area contributed by atoms with E-state index in [1.54, 1.807) is 0 Å². The number of nitrogens with one attached hydrogen (secondary N) is 2. The van der Waals surface area contributed by atoms with E-state index in [0.717, 1.165) is 42.6 Å². The zero-order chi connectivity index (χ0) is 20.5. The highest BCUT2D eigenvalue weighted by molar-refractivity contribution is 5.94.